The van der Waals surface area contributed by atoms with Crippen LogP contribution in [-0.4, -0.2) is 56.2 Å². The molecular weight excluding hydrogens is 504 g/mol. The van der Waals surface area contributed by atoms with Gasteiger partial charge in [-0.25, -0.2) is 15.0 Å². The first kappa shape index (κ1) is 25.2. The van der Waals surface area contributed by atoms with Crippen molar-refractivity contribution in [2.45, 2.75) is 6.42 Å². The third-order valence-electron chi connectivity index (χ3n) is 6.55. The lowest BCUT2D eigenvalue weighted by Crippen LogP contribution is -2.22. The molecule has 0 spiro atoms. The number of hydrogen-bond acceptors (Lipinski definition) is 7. The number of nitrogens with zero attached hydrogens (tertiary/aromatic N) is 4. The van der Waals surface area contributed by atoms with Crippen molar-refractivity contribution in [3.8, 4) is 39.7 Å². The van der Waals surface area contributed by atoms with Gasteiger partial charge in [0.05, 0.1) is 24.2 Å². The Balaban J connectivity index is 1.11. The summed E-state index contributed by atoms with van der Waals surface area (Å²) in [6.45, 7) is 2.97. The zero-order valence-corrected chi connectivity index (χ0v) is 22.4. The van der Waals surface area contributed by atoms with Crippen LogP contribution in [0, 0.1) is 0 Å². The van der Waals surface area contributed by atoms with E-state index in [1.807, 2.05) is 66.5 Å². The Bertz CT molecular complexity index is 1520. The molecule has 1 fully saturated rings. The Labute approximate surface area is 232 Å². The predicted molar refractivity (Wildman–Crippen MR) is 159 cm³/mol. The summed E-state index contributed by atoms with van der Waals surface area (Å²) in [7, 11) is 0. The number of hydrogen-bond donors (Lipinski definition) is 2. The van der Waals surface area contributed by atoms with Gasteiger partial charge in [0, 0.05) is 48.2 Å². The quantitative estimate of drug-likeness (QED) is 0.193. The minimum atomic E-state index is 0.512. The summed E-state index contributed by atoms with van der Waals surface area (Å²) >= 11 is 2.00. The van der Waals surface area contributed by atoms with Crippen LogP contribution in [0.5, 0.6) is 5.75 Å². The number of rotatable bonds is 10. The molecule has 0 amide bonds. The largest absolute Gasteiger partial charge is 0.493 e. The average Bonchev–Trinajstić information content (AvgIpc) is 3.70. The Hall–Kier alpha value is -4.14. The molecule has 1 aliphatic heterocycles. The van der Waals surface area contributed by atoms with Gasteiger partial charge in [-0.1, -0.05) is 54.6 Å². The number of nitrogens with one attached hydrogen (secondary N) is 2. The maximum absolute atomic E-state index is 5.99. The van der Waals surface area contributed by atoms with Crippen LogP contribution < -0.4 is 10.1 Å². The van der Waals surface area contributed by atoms with Crippen molar-refractivity contribution in [1.82, 2.24) is 24.8 Å². The average molecular weight is 535 g/mol. The van der Waals surface area contributed by atoms with Crippen LogP contribution in [0.1, 0.15) is 6.42 Å². The van der Waals surface area contributed by atoms with Crippen LogP contribution >= 0.6 is 11.8 Å². The summed E-state index contributed by atoms with van der Waals surface area (Å²) in [5, 5.41) is 3.31. The minimum Gasteiger partial charge on any atom is -0.493 e. The molecule has 0 aliphatic carbocycles. The molecule has 39 heavy (non-hydrogen) atoms. The summed E-state index contributed by atoms with van der Waals surface area (Å²) in [6.07, 6.45) is 4.58. The molecule has 1 saturated heterocycles. The van der Waals surface area contributed by atoms with Crippen LogP contribution in [0.4, 0.5) is 11.6 Å². The van der Waals surface area contributed by atoms with Crippen LogP contribution in [0.2, 0.25) is 0 Å². The molecule has 0 radical (unpaired) electrons. The first-order chi connectivity index (χ1) is 19.3. The summed E-state index contributed by atoms with van der Waals surface area (Å²) < 4.78 is 5.99. The highest BCUT2D eigenvalue weighted by Crippen LogP contribution is 2.27. The number of ether oxygens (including phenoxy) is 1. The maximum atomic E-state index is 5.99. The van der Waals surface area contributed by atoms with Gasteiger partial charge in [-0.2, -0.15) is 0 Å². The van der Waals surface area contributed by atoms with E-state index < -0.39 is 0 Å². The van der Waals surface area contributed by atoms with Crippen molar-refractivity contribution in [1.29, 1.82) is 0 Å². The van der Waals surface area contributed by atoms with E-state index in [1.54, 1.807) is 6.20 Å². The van der Waals surface area contributed by atoms with Gasteiger partial charge in [-0.05, 0) is 41.8 Å². The fourth-order valence-electron chi connectivity index (χ4n) is 4.54. The molecule has 2 aromatic heterocycles. The Morgan fingerprint density at radius 2 is 1.77 bits per heavy atom. The fourth-order valence-corrected chi connectivity index (χ4v) is 5.58. The zero-order chi connectivity index (χ0) is 26.3. The number of aromatic amines is 1. The highest BCUT2D eigenvalue weighted by atomic mass is 32.2. The molecular formula is C31H30N6OS. The number of aromatic nitrogens is 4. The summed E-state index contributed by atoms with van der Waals surface area (Å²) in [4.78, 5) is 19.7. The monoisotopic (exact) mass is 534 g/mol. The van der Waals surface area contributed by atoms with E-state index >= 15 is 0 Å². The first-order valence-electron chi connectivity index (χ1n) is 13.1. The summed E-state index contributed by atoms with van der Waals surface area (Å²) in [6, 6.07) is 28.5. The van der Waals surface area contributed by atoms with Gasteiger partial charge in [0.25, 0.3) is 0 Å². The fraction of sp³-hybridized carbons (Fsp3) is 0.194. The minimum absolute atomic E-state index is 0.512. The number of benzene rings is 3. The summed E-state index contributed by atoms with van der Waals surface area (Å²) in [5.41, 5.74) is 5.81. The molecule has 6 rings (SSSR count). The molecule has 2 N–H and O–H groups in total. The standard InChI is InChI=1S/C31H30N6OS/c1-2-7-23(8-3-1)24-9-4-10-25(19-24)30-33-21-29(35-30)28-13-14-32-31(36-28)34-26-11-5-12-27(20-26)38-17-6-15-37-16-18-39-22-37/h1-5,7-14,19-21H,6,15-18,22H2,(H,33,35)(H,32,34,36). The van der Waals surface area contributed by atoms with Crippen LogP contribution in [-0.2, 0) is 0 Å². The van der Waals surface area contributed by atoms with Crippen molar-refractivity contribution in [2.24, 2.45) is 0 Å². The van der Waals surface area contributed by atoms with Crippen molar-refractivity contribution in [3.05, 3.63) is 97.3 Å². The van der Waals surface area contributed by atoms with Gasteiger partial charge in [-0.3, -0.25) is 4.90 Å². The zero-order valence-electron chi connectivity index (χ0n) is 21.6. The normalized spacial score (nSPS) is 13.4. The molecule has 196 valence electrons. The second-order valence-corrected chi connectivity index (χ2v) is 10.4. The SMILES string of the molecule is c1ccc(-c2cccc(-c3ncc(-c4ccnc(Nc5cccc(OCCCN6CCSC6)c5)n4)[nH]3)c2)cc1. The Kier molecular flexibility index (Phi) is 7.84. The van der Waals surface area contributed by atoms with Crippen LogP contribution in [0.15, 0.2) is 97.3 Å². The number of anilines is 2. The lowest BCUT2D eigenvalue weighted by molar-refractivity contribution is 0.269. The highest BCUT2D eigenvalue weighted by molar-refractivity contribution is 7.99. The lowest BCUT2D eigenvalue weighted by Gasteiger charge is -2.14. The molecule has 0 atom stereocenters. The molecule has 0 saturated carbocycles. The van der Waals surface area contributed by atoms with E-state index in [0.29, 0.717) is 12.6 Å². The molecule has 3 aromatic carbocycles. The molecule has 0 unspecified atom stereocenters. The maximum Gasteiger partial charge on any atom is 0.227 e. The van der Waals surface area contributed by atoms with E-state index in [0.717, 1.165) is 58.6 Å². The molecule has 5 aromatic rings. The van der Waals surface area contributed by atoms with Gasteiger partial charge >= 0.3 is 0 Å². The molecule has 0 bridgehead atoms. The van der Waals surface area contributed by atoms with E-state index in [9.17, 15) is 0 Å². The van der Waals surface area contributed by atoms with Gasteiger partial charge in [0.2, 0.25) is 5.95 Å². The van der Waals surface area contributed by atoms with Gasteiger partial charge in [0.1, 0.15) is 11.6 Å². The first-order valence-corrected chi connectivity index (χ1v) is 14.3. The van der Waals surface area contributed by atoms with Gasteiger partial charge in [0.15, 0.2) is 0 Å². The number of H-pyrrole nitrogens is 1. The topological polar surface area (TPSA) is 79.0 Å². The number of imidazole rings is 1. The van der Waals surface area contributed by atoms with Crippen LogP contribution in [0.25, 0.3) is 33.9 Å². The van der Waals surface area contributed by atoms with E-state index in [4.69, 9.17) is 9.72 Å². The third kappa shape index (κ3) is 6.47. The number of thioether (sulfide) groups is 1. The van der Waals surface area contributed by atoms with Crippen LogP contribution in [0.3, 0.4) is 0 Å². The van der Waals surface area contributed by atoms with Gasteiger partial charge < -0.3 is 15.0 Å². The van der Waals surface area contributed by atoms with Crippen molar-refractivity contribution in [2.75, 3.05) is 36.6 Å². The lowest BCUT2D eigenvalue weighted by atomic mass is 10.0. The Morgan fingerprint density at radius 1 is 0.897 bits per heavy atom. The van der Waals surface area contributed by atoms with Crippen molar-refractivity contribution < 1.29 is 4.74 Å². The predicted octanol–water partition coefficient (Wildman–Crippen LogP) is 6.72. The van der Waals surface area contributed by atoms with Crippen molar-refractivity contribution in [3.63, 3.8) is 0 Å². The van der Waals surface area contributed by atoms with E-state index in [1.165, 1.54) is 17.9 Å². The second kappa shape index (κ2) is 12.1. The molecule has 1 aliphatic rings. The molecule has 3 heterocycles. The summed E-state index contributed by atoms with van der Waals surface area (Å²) in [5.74, 6) is 4.52. The smallest absolute Gasteiger partial charge is 0.227 e. The Morgan fingerprint density at radius 3 is 2.67 bits per heavy atom. The second-order valence-electron chi connectivity index (χ2n) is 9.37. The van der Waals surface area contributed by atoms with Gasteiger partial charge in [-0.15, -0.1) is 11.8 Å². The van der Waals surface area contributed by atoms with E-state index in [2.05, 4.69) is 61.6 Å². The van der Waals surface area contributed by atoms with E-state index in [-0.39, 0.29) is 0 Å². The third-order valence-corrected chi connectivity index (χ3v) is 7.57. The molecule has 7 nitrogen and oxygen atoms in total. The van der Waals surface area contributed by atoms with Crippen molar-refractivity contribution >= 4 is 23.4 Å². The molecule has 8 heteroatoms. The highest BCUT2D eigenvalue weighted by Gasteiger charge is 2.12.